The Labute approximate surface area is 124 Å². The third-order valence-electron chi connectivity index (χ3n) is 3.38. The van der Waals surface area contributed by atoms with E-state index >= 15 is 0 Å². The van der Waals surface area contributed by atoms with Crippen LogP contribution in [-0.4, -0.2) is 26.4 Å². The lowest BCUT2D eigenvalue weighted by molar-refractivity contribution is 0.178. The highest BCUT2D eigenvalue weighted by Gasteiger charge is 2.12. The second-order valence-electron chi connectivity index (χ2n) is 4.68. The average molecular weight is 288 g/mol. The highest BCUT2D eigenvalue weighted by molar-refractivity contribution is 5.43. The predicted octanol–water partition coefficient (Wildman–Crippen LogP) is 2.99. The van der Waals surface area contributed by atoms with Gasteiger partial charge in [-0.2, -0.15) is 0 Å². The van der Waals surface area contributed by atoms with Crippen LogP contribution in [0.5, 0.6) is 17.2 Å². The molecule has 0 amide bonds. The molecule has 2 aromatic rings. The molecule has 0 spiro atoms. The van der Waals surface area contributed by atoms with Crippen molar-refractivity contribution in [1.82, 2.24) is 0 Å². The Morgan fingerprint density at radius 1 is 0.857 bits per heavy atom. The van der Waals surface area contributed by atoms with E-state index in [1.54, 1.807) is 33.5 Å². The van der Waals surface area contributed by atoms with Crippen LogP contribution in [0.1, 0.15) is 17.2 Å². The van der Waals surface area contributed by atoms with E-state index < -0.39 is 6.10 Å². The summed E-state index contributed by atoms with van der Waals surface area (Å²) < 4.78 is 15.6. The summed E-state index contributed by atoms with van der Waals surface area (Å²) in [4.78, 5) is 0. The molecule has 4 heteroatoms. The lowest BCUT2D eigenvalue weighted by atomic mass is 10.0. The zero-order valence-corrected chi connectivity index (χ0v) is 12.5. The fourth-order valence-electron chi connectivity index (χ4n) is 2.16. The maximum atomic E-state index is 10.4. The smallest absolute Gasteiger partial charge is 0.161 e. The molecule has 0 aliphatic rings. The number of hydrogen-bond acceptors (Lipinski definition) is 4. The molecule has 2 rings (SSSR count). The van der Waals surface area contributed by atoms with Gasteiger partial charge in [0.05, 0.1) is 27.4 Å². The van der Waals surface area contributed by atoms with Crippen LogP contribution in [0, 0.1) is 0 Å². The Kier molecular flexibility index (Phi) is 5.06. The Balaban J connectivity index is 2.13. The van der Waals surface area contributed by atoms with Crippen molar-refractivity contribution in [2.45, 2.75) is 12.5 Å². The average Bonchev–Trinajstić information content (AvgIpc) is 2.54. The summed E-state index contributed by atoms with van der Waals surface area (Å²) in [6.07, 6.45) is -0.0716. The Morgan fingerprint density at radius 3 is 2.10 bits per heavy atom. The zero-order chi connectivity index (χ0) is 15.2. The molecule has 2 aromatic carbocycles. The van der Waals surface area contributed by atoms with Crippen molar-refractivity contribution in [3.05, 3.63) is 53.6 Å². The molecule has 21 heavy (non-hydrogen) atoms. The maximum Gasteiger partial charge on any atom is 0.161 e. The first-order valence-corrected chi connectivity index (χ1v) is 6.71. The third-order valence-corrected chi connectivity index (χ3v) is 3.38. The van der Waals surface area contributed by atoms with E-state index in [1.165, 1.54) is 0 Å². The normalized spacial score (nSPS) is 11.8. The van der Waals surface area contributed by atoms with Gasteiger partial charge in [-0.3, -0.25) is 0 Å². The van der Waals surface area contributed by atoms with E-state index in [9.17, 15) is 5.11 Å². The molecular formula is C17H20O4. The number of aliphatic hydroxyl groups is 1. The number of benzene rings is 2. The second-order valence-corrected chi connectivity index (χ2v) is 4.68. The Hall–Kier alpha value is -2.20. The number of hydrogen-bond donors (Lipinski definition) is 1. The molecule has 0 saturated carbocycles. The van der Waals surface area contributed by atoms with Gasteiger partial charge in [0.25, 0.3) is 0 Å². The van der Waals surface area contributed by atoms with E-state index in [2.05, 4.69) is 0 Å². The summed E-state index contributed by atoms with van der Waals surface area (Å²) in [5.74, 6) is 2.07. The van der Waals surface area contributed by atoms with Crippen LogP contribution in [0.4, 0.5) is 0 Å². The van der Waals surface area contributed by atoms with Crippen LogP contribution < -0.4 is 14.2 Å². The minimum Gasteiger partial charge on any atom is -0.497 e. The lowest BCUT2D eigenvalue weighted by Gasteiger charge is -2.14. The van der Waals surface area contributed by atoms with Crippen LogP contribution >= 0.6 is 0 Å². The molecular weight excluding hydrogens is 268 g/mol. The SMILES string of the molecule is COc1ccc(C[C@H](O)c2ccc(OC)c(OC)c2)cc1. The highest BCUT2D eigenvalue weighted by Crippen LogP contribution is 2.31. The largest absolute Gasteiger partial charge is 0.497 e. The van der Waals surface area contributed by atoms with Crippen molar-refractivity contribution < 1.29 is 19.3 Å². The van der Waals surface area contributed by atoms with Crippen molar-refractivity contribution in [2.24, 2.45) is 0 Å². The predicted molar refractivity (Wildman–Crippen MR) is 81.2 cm³/mol. The molecule has 0 aromatic heterocycles. The topological polar surface area (TPSA) is 47.9 Å². The fourth-order valence-corrected chi connectivity index (χ4v) is 2.16. The molecule has 4 nitrogen and oxygen atoms in total. The first-order valence-electron chi connectivity index (χ1n) is 6.71. The van der Waals surface area contributed by atoms with Gasteiger partial charge in [-0.05, 0) is 35.4 Å². The number of rotatable bonds is 6. The first kappa shape index (κ1) is 15.2. The van der Waals surface area contributed by atoms with Gasteiger partial charge in [-0.15, -0.1) is 0 Å². The molecule has 0 unspecified atom stereocenters. The van der Waals surface area contributed by atoms with E-state index in [0.29, 0.717) is 17.9 Å². The van der Waals surface area contributed by atoms with Crippen LogP contribution in [-0.2, 0) is 6.42 Å². The first-order chi connectivity index (χ1) is 10.2. The number of ether oxygens (including phenoxy) is 3. The van der Waals surface area contributed by atoms with Crippen LogP contribution in [0.2, 0.25) is 0 Å². The van der Waals surface area contributed by atoms with Crippen molar-refractivity contribution >= 4 is 0 Å². The fraction of sp³-hybridized carbons (Fsp3) is 0.294. The molecule has 0 bridgehead atoms. The monoisotopic (exact) mass is 288 g/mol. The van der Waals surface area contributed by atoms with Gasteiger partial charge in [0.15, 0.2) is 11.5 Å². The summed E-state index contributed by atoms with van der Waals surface area (Å²) >= 11 is 0. The van der Waals surface area contributed by atoms with Crippen molar-refractivity contribution in [2.75, 3.05) is 21.3 Å². The van der Waals surface area contributed by atoms with Gasteiger partial charge in [0.2, 0.25) is 0 Å². The minimum absolute atomic E-state index is 0.527. The van der Waals surface area contributed by atoms with Gasteiger partial charge in [-0.25, -0.2) is 0 Å². The van der Waals surface area contributed by atoms with Gasteiger partial charge in [0, 0.05) is 6.42 Å². The molecule has 0 fully saturated rings. The molecule has 0 heterocycles. The summed E-state index contributed by atoms with van der Waals surface area (Å²) in [5, 5.41) is 10.4. The summed E-state index contributed by atoms with van der Waals surface area (Å²) in [6.45, 7) is 0. The lowest BCUT2D eigenvalue weighted by Crippen LogP contribution is -2.03. The molecule has 0 aliphatic carbocycles. The molecule has 1 N–H and O–H groups in total. The Bertz CT molecular complexity index is 578. The second kappa shape index (κ2) is 6.99. The van der Waals surface area contributed by atoms with E-state index in [0.717, 1.165) is 16.9 Å². The van der Waals surface area contributed by atoms with Gasteiger partial charge >= 0.3 is 0 Å². The number of aliphatic hydroxyl groups excluding tert-OH is 1. The van der Waals surface area contributed by atoms with Crippen molar-refractivity contribution in [3.63, 3.8) is 0 Å². The van der Waals surface area contributed by atoms with Crippen molar-refractivity contribution in [1.29, 1.82) is 0 Å². The van der Waals surface area contributed by atoms with Crippen LogP contribution in [0.3, 0.4) is 0 Å². The van der Waals surface area contributed by atoms with E-state index in [-0.39, 0.29) is 0 Å². The molecule has 0 saturated heterocycles. The van der Waals surface area contributed by atoms with Gasteiger partial charge in [-0.1, -0.05) is 18.2 Å². The quantitative estimate of drug-likeness (QED) is 0.887. The highest BCUT2D eigenvalue weighted by atomic mass is 16.5. The summed E-state index contributed by atoms with van der Waals surface area (Å²) in [5.41, 5.74) is 1.83. The van der Waals surface area contributed by atoms with Gasteiger partial charge in [0.1, 0.15) is 5.75 Å². The molecule has 0 aliphatic heterocycles. The van der Waals surface area contributed by atoms with Crippen molar-refractivity contribution in [3.8, 4) is 17.2 Å². The molecule has 112 valence electrons. The standard InChI is InChI=1S/C17H20O4/c1-19-14-7-4-12(5-8-14)10-15(18)13-6-9-16(20-2)17(11-13)21-3/h4-9,11,15,18H,10H2,1-3H3/t15-/m0/s1. The number of methoxy groups -OCH3 is 3. The minimum atomic E-state index is -0.599. The third kappa shape index (κ3) is 3.67. The Morgan fingerprint density at radius 2 is 1.52 bits per heavy atom. The summed E-state index contributed by atoms with van der Waals surface area (Å²) in [7, 11) is 4.80. The van der Waals surface area contributed by atoms with Crippen LogP contribution in [0.15, 0.2) is 42.5 Å². The van der Waals surface area contributed by atoms with E-state index in [1.807, 2.05) is 30.3 Å². The molecule has 0 radical (unpaired) electrons. The van der Waals surface area contributed by atoms with Crippen LogP contribution in [0.25, 0.3) is 0 Å². The van der Waals surface area contributed by atoms with Gasteiger partial charge < -0.3 is 19.3 Å². The summed E-state index contributed by atoms with van der Waals surface area (Å²) in [6, 6.07) is 13.1. The molecule has 1 atom stereocenters. The maximum absolute atomic E-state index is 10.4. The zero-order valence-electron chi connectivity index (χ0n) is 12.5. The van der Waals surface area contributed by atoms with E-state index in [4.69, 9.17) is 14.2 Å².